The molecule has 0 aromatic carbocycles. The molecule has 1 rings (SSSR count). The van der Waals surface area contributed by atoms with Gasteiger partial charge in [-0.25, -0.2) is 13.1 Å². The fourth-order valence-corrected chi connectivity index (χ4v) is 2.93. The van der Waals surface area contributed by atoms with Crippen molar-refractivity contribution in [3.05, 3.63) is 17.5 Å². The van der Waals surface area contributed by atoms with Crippen LogP contribution in [-0.2, 0) is 15.8 Å². The van der Waals surface area contributed by atoms with Gasteiger partial charge in [0.15, 0.2) is 0 Å². The van der Waals surface area contributed by atoms with Crippen molar-refractivity contribution in [2.45, 2.75) is 39.4 Å². The number of aromatic nitrogens is 1. The monoisotopic (exact) mass is 290 g/mol. The minimum Gasteiger partial charge on any atom is -0.396 e. The van der Waals surface area contributed by atoms with Crippen LogP contribution in [0.25, 0.3) is 0 Å². The van der Waals surface area contributed by atoms with Crippen LogP contribution in [0.1, 0.15) is 38.1 Å². The molecule has 0 saturated heterocycles. The lowest BCUT2D eigenvalue weighted by molar-refractivity contribution is 0.119. The molecule has 0 aliphatic heterocycles. The van der Waals surface area contributed by atoms with Gasteiger partial charge in [0.1, 0.15) is 17.2 Å². The molecule has 0 saturated carbocycles. The summed E-state index contributed by atoms with van der Waals surface area (Å²) in [6, 6.07) is 1.60. The number of nitrogens with zero attached hydrogens (tertiary/aromatic N) is 1. The Labute approximate surface area is 114 Å². The molecule has 7 heteroatoms. The van der Waals surface area contributed by atoms with Crippen LogP contribution in [0.2, 0.25) is 0 Å². The van der Waals surface area contributed by atoms with Crippen molar-refractivity contribution in [1.29, 1.82) is 0 Å². The Hall–Kier alpha value is -0.920. The van der Waals surface area contributed by atoms with Crippen molar-refractivity contribution in [3.8, 4) is 0 Å². The van der Waals surface area contributed by atoms with E-state index in [9.17, 15) is 13.5 Å². The number of hydrogen-bond acceptors (Lipinski definition) is 5. The Balaban J connectivity index is 2.65. The molecule has 0 atom stereocenters. The molecule has 110 valence electrons. The van der Waals surface area contributed by atoms with Crippen molar-refractivity contribution in [2.24, 2.45) is 5.41 Å². The Morgan fingerprint density at radius 2 is 2.05 bits per heavy atom. The third-order valence-corrected chi connectivity index (χ3v) is 4.78. The zero-order valence-corrected chi connectivity index (χ0v) is 12.5. The van der Waals surface area contributed by atoms with E-state index in [2.05, 4.69) is 9.88 Å². The van der Waals surface area contributed by atoms with Crippen LogP contribution >= 0.6 is 0 Å². The molecule has 0 aliphatic carbocycles. The van der Waals surface area contributed by atoms with Gasteiger partial charge < -0.3 is 9.63 Å². The summed E-state index contributed by atoms with van der Waals surface area (Å²) < 4.78 is 31.2. The topological polar surface area (TPSA) is 92.4 Å². The lowest BCUT2D eigenvalue weighted by Gasteiger charge is -2.29. The average Bonchev–Trinajstić information content (AvgIpc) is 2.76. The van der Waals surface area contributed by atoms with Crippen LogP contribution in [0, 0.1) is 12.3 Å². The van der Waals surface area contributed by atoms with Gasteiger partial charge in [0.2, 0.25) is 10.0 Å². The Bertz CT molecular complexity index is 483. The fraction of sp³-hybridized carbons (Fsp3) is 0.750. The predicted molar refractivity (Wildman–Crippen MR) is 72.0 cm³/mol. The van der Waals surface area contributed by atoms with E-state index in [0.29, 0.717) is 24.3 Å². The summed E-state index contributed by atoms with van der Waals surface area (Å²) in [4.78, 5) is 0. The number of hydrogen-bond donors (Lipinski definition) is 2. The summed E-state index contributed by atoms with van der Waals surface area (Å²) >= 11 is 0. The van der Waals surface area contributed by atoms with Gasteiger partial charge in [-0.05, 0) is 19.8 Å². The molecule has 1 aromatic heterocycles. The van der Waals surface area contributed by atoms with Crippen molar-refractivity contribution >= 4 is 10.0 Å². The van der Waals surface area contributed by atoms with Gasteiger partial charge in [0.25, 0.3) is 0 Å². The zero-order valence-electron chi connectivity index (χ0n) is 11.6. The van der Waals surface area contributed by atoms with E-state index in [0.717, 1.165) is 0 Å². The maximum Gasteiger partial charge on any atom is 0.217 e. The molecule has 0 bridgehead atoms. The first kappa shape index (κ1) is 16.1. The quantitative estimate of drug-likeness (QED) is 0.750. The van der Waals surface area contributed by atoms with E-state index in [1.807, 2.05) is 13.8 Å². The standard InChI is InChI=1S/C12H22N2O4S/c1-4-12(5-2,9-15)8-13-19(16,17)7-11-6-10(3)18-14-11/h6,13,15H,4-5,7-9H2,1-3H3. The molecule has 0 unspecified atom stereocenters. The highest BCUT2D eigenvalue weighted by molar-refractivity contribution is 7.88. The van der Waals surface area contributed by atoms with Gasteiger partial charge in [-0.2, -0.15) is 0 Å². The highest BCUT2D eigenvalue weighted by Crippen LogP contribution is 2.24. The van der Waals surface area contributed by atoms with E-state index in [4.69, 9.17) is 4.52 Å². The molecular formula is C12H22N2O4S. The largest absolute Gasteiger partial charge is 0.396 e. The van der Waals surface area contributed by atoms with Crippen molar-refractivity contribution in [1.82, 2.24) is 9.88 Å². The Kier molecular flexibility index (Phi) is 5.51. The smallest absolute Gasteiger partial charge is 0.217 e. The normalized spacial score (nSPS) is 12.8. The van der Waals surface area contributed by atoms with Gasteiger partial charge in [0, 0.05) is 24.6 Å². The van der Waals surface area contributed by atoms with Crippen molar-refractivity contribution in [2.75, 3.05) is 13.2 Å². The highest BCUT2D eigenvalue weighted by Gasteiger charge is 2.27. The number of rotatable bonds is 8. The minimum absolute atomic E-state index is 0.0361. The molecule has 0 spiro atoms. The number of aliphatic hydroxyl groups excluding tert-OH is 1. The first-order chi connectivity index (χ1) is 8.86. The molecule has 2 N–H and O–H groups in total. The van der Waals surface area contributed by atoms with Crippen LogP contribution in [0.4, 0.5) is 0 Å². The molecule has 1 aromatic rings. The molecule has 0 fully saturated rings. The zero-order chi connectivity index (χ0) is 14.5. The first-order valence-corrected chi connectivity index (χ1v) is 8.02. The second kappa shape index (κ2) is 6.49. The van der Waals surface area contributed by atoms with Gasteiger partial charge >= 0.3 is 0 Å². The molecule has 0 amide bonds. The number of sulfonamides is 1. The van der Waals surface area contributed by atoms with Crippen molar-refractivity contribution < 1.29 is 18.0 Å². The van der Waals surface area contributed by atoms with E-state index >= 15 is 0 Å². The summed E-state index contributed by atoms with van der Waals surface area (Å²) in [6.07, 6.45) is 1.43. The summed E-state index contributed by atoms with van der Waals surface area (Å²) in [5.41, 5.74) is -0.0140. The van der Waals surface area contributed by atoms with Crippen LogP contribution in [0.15, 0.2) is 10.6 Å². The summed E-state index contributed by atoms with van der Waals surface area (Å²) in [5, 5.41) is 13.1. The Morgan fingerprint density at radius 3 is 2.47 bits per heavy atom. The lowest BCUT2D eigenvalue weighted by Crippen LogP contribution is -2.39. The fourth-order valence-electron chi connectivity index (χ4n) is 1.77. The average molecular weight is 290 g/mol. The van der Waals surface area contributed by atoms with E-state index < -0.39 is 15.4 Å². The van der Waals surface area contributed by atoms with Crippen LogP contribution in [0.5, 0.6) is 0 Å². The highest BCUT2D eigenvalue weighted by atomic mass is 32.2. The minimum atomic E-state index is -3.47. The molecule has 6 nitrogen and oxygen atoms in total. The lowest BCUT2D eigenvalue weighted by atomic mass is 9.84. The number of aryl methyl sites for hydroxylation is 1. The van der Waals surface area contributed by atoms with Crippen LogP contribution in [0.3, 0.4) is 0 Å². The molecule has 0 aliphatic rings. The maximum atomic E-state index is 11.9. The summed E-state index contributed by atoms with van der Waals surface area (Å²) in [5.74, 6) is 0.372. The van der Waals surface area contributed by atoms with Gasteiger partial charge in [-0.3, -0.25) is 0 Å². The Morgan fingerprint density at radius 1 is 1.42 bits per heavy atom. The van der Waals surface area contributed by atoms with Crippen molar-refractivity contribution in [3.63, 3.8) is 0 Å². The summed E-state index contributed by atoms with van der Waals surface area (Å²) in [7, 11) is -3.47. The van der Waals surface area contributed by atoms with Crippen LogP contribution < -0.4 is 4.72 Å². The van der Waals surface area contributed by atoms with Gasteiger partial charge in [-0.15, -0.1) is 0 Å². The molecular weight excluding hydrogens is 268 g/mol. The third-order valence-electron chi connectivity index (χ3n) is 3.52. The SMILES string of the molecule is CCC(CC)(CO)CNS(=O)(=O)Cc1cc(C)on1. The molecule has 0 radical (unpaired) electrons. The first-order valence-electron chi connectivity index (χ1n) is 6.37. The molecule has 1 heterocycles. The van der Waals surface area contributed by atoms with Gasteiger partial charge in [-0.1, -0.05) is 19.0 Å². The molecule has 19 heavy (non-hydrogen) atoms. The van der Waals surface area contributed by atoms with E-state index in [1.54, 1.807) is 13.0 Å². The second-order valence-electron chi connectivity index (χ2n) is 4.87. The number of aliphatic hydroxyl groups is 1. The van der Waals surface area contributed by atoms with E-state index in [1.165, 1.54) is 0 Å². The second-order valence-corrected chi connectivity index (χ2v) is 6.68. The maximum absolute atomic E-state index is 11.9. The van der Waals surface area contributed by atoms with E-state index in [-0.39, 0.29) is 18.9 Å². The van der Waals surface area contributed by atoms with Gasteiger partial charge in [0.05, 0.1) is 0 Å². The van der Waals surface area contributed by atoms with Crippen LogP contribution in [-0.4, -0.2) is 31.8 Å². The summed E-state index contributed by atoms with van der Waals surface area (Å²) in [6.45, 7) is 5.78. The predicted octanol–water partition coefficient (Wildman–Crippen LogP) is 1.20. The third kappa shape index (κ3) is 4.59. The number of nitrogens with one attached hydrogen (secondary N) is 1.